The van der Waals surface area contributed by atoms with Gasteiger partial charge in [-0.25, -0.2) is 0 Å². The summed E-state index contributed by atoms with van der Waals surface area (Å²) in [6.07, 6.45) is -3.28. The Hall–Kier alpha value is -0.680. The fourth-order valence-electron chi connectivity index (χ4n) is 1.70. The van der Waals surface area contributed by atoms with Crippen molar-refractivity contribution in [2.75, 3.05) is 11.5 Å². The predicted octanol–water partition coefficient (Wildman–Crippen LogP) is 4.48. The van der Waals surface area contributed by atoms with E-state index in [1.165, 1.54) is 12.1 Å². The molecule has 19 heavy (non-hydrogen) atoms. The predicted molar refractivity (Wildman–Crippen MR) is 75.2 cm³/mol. The van der Waals surface area contributed by atoms with E-state index in [2.05, 4.69) is 13.8 Å². The van der Waals surface area contributed by atoms with E-state index in [0.29, 0.717) is 11.7 Å². The summed E-state index contributed by atoms with van der Waals surface area (Å²) in [7, 11) is 0. The summed E-state index contributed by atoms with van der Waals surface area (Å²) in [5, 5.41) is 0. The van der Waals surface area contributed by atoms with Crippen LogP contribution in [-0.2, 0) is 6.18 Å². The van der Waals surface area contributed by atoms with Gasteiger partial charge < -0.3 is 5.73 Å². The van der Waals surface area contributed by atoms with Crippen molar-refractivity contribution in [1.82, 2.24) is 0 Å². The van der Waals surface area contributed by atoms with Gasteiger partial charge in [0.25, 0.3) is 0 Å². The van der Waals surface area contributed by atoms with E-state index in [9.17, 15) is 13.2 Å². The maximum Gasteiger partial charge on any atom is 0.416 e. The standard InChI is InChI=1S/C14H20F3NS/c1-10(2)7-8-19-9-13(18)11-5-3-4-6-12(11)14(15,16)17/h3-6,10,13H,7-9,18H2,1-2H3. The molecule has 0 saturated carbocycles. The molecule has 0 aliphatic heterocycles. The minimum absolute atomic E-state index is 0.187. The molecule has 1 aromatic carbocycles. The molecule has 1 atom stereocenters. The van der Waals surface area contributed by atoms with Crippen LogP contribution in [0, 0.1) is 5.92 Å². The SMILES string of the molecule is CC(C)CCSCC(N)c1ccccc1C(F)(F)F. The zero-order chi connectivity index (χ0) is 14.5. The van der Waals surface area contributed by atoms with Gasteiger partial charge in [0.05, 0.1) is 5.56 Å². The van der Waals surface area contributed by atoms with Crippen LogP contribution in [0.25, 0.3) is 0 Å². The van der Waals surface area contributed by atoms with Gasteiger partial charge in [0.15, 0.2) is 0 Å². The van der Waals surface area contributed by atoms with Crippen LogP contribution in [0.1, 0.15) is 37.4 Å². The first-order valence-electron chi connectivity index (χ1n) is 6.31. The van der Waals surface area contributed by atoms with E-state index in [1.807, 2.05) is 0 Å². The van der Waals surface area contributed by atoms with Crippen molar-refractivity contribution < 1.29 is 13.2 Å². The highest BCUT2D eigenvalue weighted by Crippen LogP contribution is 2.34. The van der Waals surface area contributed by atoms with Crippen molar-refractivity contribution in [2.24, 2.45) is 11.7 Å². The molecule has 0 fully saturated rings. The molecule has 1 unspecified atom stereocenters. The van der Waals surface area contributed by atoms with Crippen molar-refractivity contribution in [3.8, 4) is 0 Å². The molecule has 0 radical (unpaired) electrons. The highest BCUT2D eigenvalue weighted by atomic mass is 32.2. The summed E-state index contributed by atoms with van der Waals surface area (Å²) >= 11 is 1.61. The third-order valence-corrected chi connectivity index (χ3v) is 3.92. The van der Waals surface area contributed by atoms with Crippen molar-refractivity contribution in [2.45, 2.75) is 32.5 Å². The molecular formula is C14H20F3NS. The number of benzene rings is 1. The Bertz CT molecular complexity index is 391. The topological polar surface area (TPSA) is 26.0 Å². The van der Waals surface area contributed by atoms with Gasteiger partial charge in [0.1, 0.15) is 0 Å². The quantitative estimate of drug-likeness (QED) is 0.782. The van der Waals surface area contributed by atoms with E-state index in [-0.39, 0.29) is 5.56 Å². The second-order valence-electron chi connectivity index (χ2n) is 4.95. The lowest BCUT2D eigenvalue weighted by atomic mass is 10.0. The van der Waals surface area contributed by atoms with Crippen molar-refractivity contribution >= 4 is 11.8 Å². The number of hydrogen-bond acceptors (Lipinski definition) is 2. The summed E-state index contributed by atoms with van der Waals surface area (Å²) in [5.74, 6) is 2.05. The second kappa shape index (κ2) is 7.20. The van der Waals surface area contributed by atoms with Crippen molar-refractivity contribution in [3.63, 3.8) is 0 Å². The summed E-state index contributed by atoms with van der Waals surface area (Å²) in [6, 6.07) is 4.98. The maximum absolute atomic E-state index is 12.8. The fourth-order valence-corrected chi connectivity index (χ4v) is 2.94. The van der Waals surface area contributed by atoms with Crippen LogP contribution in [0.5, 0.6) is 0 Å². The molecule has 0 aliphatic rings. The second-order valence-corrected chi connectivity index (χ2v) is 6.10. The van der Waals surface area contributed by atoms with E-state index in [1.54, 1.807) is 17.8 Å². The van der Waals surface area contributed by atoms with Gasteiger partial charge in [-0.05, 0) is 29.7 Å². The number of rotatable bonds is 6. The highest BCUT2D eigenvalue weighted by Gasteiger charge is 2.34. The Morgan fingerprint density at radius 3 is 2.42 bits per heavy atom. The molecule has 0 spiro atoms. The molecule has 2 N–H and O–H groups in total. The molecule has 0 bridgehead atoms. The Balaban J connectivity index is 2.64. The first-order valence-corrected chi connectivity index (χ1v) is 7.47. The lowest BCUT2D eigenvalue weighted by Crippen LogP contribution is -2.19. The van der Waals surface area contributed by atoms with E-state index in [4.69, 9.17) is 5.73 Å². The molecule has 0 amide bonds. The van der Waals surface area contributed by atoms with Gasteiger partial charge in [-0.3, -0.25) is 0 Å². The fraction of sp³-hybridized carbons (Fsp3) is 0.571. The molecule has 0 heterocycles. The van der Waals surface area contributed by atoms with E-state index in [0.717, 1.165) is 18.2 Å². The van der Waals surface area contributed by atoms with Crippen LogP contribution in [0.4, 0.5) is 13.2 Å². The third-order valence-electron chi connectivity index (χ3n) is 2.80. The Morgan fingerprint density at radius 2 is 1.84 bits per heavy atom. The van der Waals surface area contributed by atoms with Gasteiger partial charge in [-0.15, -0.1) is 0 Å². The Kier molecular flexibility index (Phi) is 6.20. The Morgan fingerprint density at radius 1 is 1.21 bits per heavy atom. The monoisotopic (exact) mass is 291 g/mol. The molecule has 1 rings (SSSR count). The maximum atomic E-state index is 12.8. The molecule has 5 heteroatoms. The molecule has 1 nitrogen and oxygen atoms in total. The normalized spacial score (nSPS) is 13.8. The molecule has 0 saturated heterocycles. The number of hydrogen-bond donors (Lipinski definition) is 1. The smallest absolute Gasteiger partial charge is 0.323 e. The lowest BCUT2D eigenvalue weighted by Gasteiger charge is -2.18. The van der Waals surface area contributed by atoms with Crippen LogP contribution in [-0.4, -0.2) is 11.5 Å². The number of halogens is 3. The zero-order valence-electron chi connectivity index (χ0n) is 11.2. The van der Waals surface area contributed by atoms with Gasteiger partial charge in [0, 0.05) is 11.8 Å². The summed E-state index contributed by atoms with van der Waals surface area (Å²) in [4.78, 5) is 0. The Labute approximate surface area is 116 Å². The third kappa shape index (κ3) is 5.45. The summed E-state index contributed by atoms with van der Waals surface area (Å²) in [6.45, 7) is 4.25. The van der Waals surface area contributed by atoms with Crippen LogP contribution in [0.3, 0.4) is 0 Å². The minimum atomic E-state index is -4.34. The first kappa shape index (κ1) is 16.4. The van der Waals surface area contributed by atoms with E-state index < -0.39 is 17.8 Å². The molecule has 0 aliphatic carbocycles. The number of nitrogens with two attached hydrogens (primary N) is 1. The highest BCUT2D eigenvalue weighted by molar-refractivity contribution is 7.99. The zero-order valence-corrected chi connectivity index (χ0v) is 12.0. The molecule has 1 aromatic rings. The average molecular weight is 291 g/mol. The lowest BCUT2D eigenvalue weighted by molar-refractivity contribution is -0.138. The largest absolute Gasteiger partial charge is 0.416 e. The van der Waals surface area contributed by atoms with Gasteiger partial charge in [-0.1, -0.05) is 32.0 Å². The van der Waals surface area contributed by atoms with Crippen molar-refractivity contribution in [1.29, 1.82) is 0 Å². The van der Waals surface area contributed by atoms with Crippen LogP contribution in [0.2, 0.25) is 0 Å². The number of thioether (sulfide) groups is 1. The van der Waals surface area contributed by atoms with Gasteiger partial charge >= 0.3 is 6.18 Å². The summed E-state index contributed by atoms with van der Waals surface area (Å²) < 4.78 is 38.5. The van der Waals surface area contributed by atoms with Gasteiger partial charge in [0.2, 0.25) is 0 Å². The van der Waals surface area contributed by atoms with E-state index >= 15 is 0 Å². The van der Waals surface area contributed by atoms with Crippen LogP contribution < -0.4 is 5.73 Å². The minimum Gasteiger partial charge on any atom is -0.323 e. The summed E-state index contributed by atoms with van der Waals surface area (Å²) in [5.41, 5.74) is 5.46. The number of alkyl halides is 3. The van der Waals surface area contributed by atoms with Crippen LogP contribution >= 0.6 is 11.8 Å². The molecule has 108 valence electrons. The first-order chi connectivity index (χ1) is 8.82. The van der Waals surface area contributed by atoms with Crippen LogP contribution in [0.15, 0.2) is 24.3 Å². The van der Waals surface area contributed by atoms with Gasteiger partial charge in [-0.2, -0.15) is 24.9 Å². The van der Waals surface area contributed by atoms with Crippen molar-refractivity contribution in [3.05, 3.63) is 35.4 Å². The molecular weight excluding hydrogens is 271 g/mol. The molecule has 0 aromatic heterocycles. The average Bonchev–Trinajstić information content (AvgIpc) is 2.33.